The Bertz CT molecular complexity index is 1150. The van der Waals surface area contributed by atoms with Crippen molar-refractivity contribution in [2.45, 2.75) is 37.6 Å². The number of hydrogen-bond acceptors (Lipinski definition) is 5. The molecule has 0 radical (unpaired) electrons. The minimum atomic E-state index is -4.93. The normalized spacial score (nSPS) is 25.5. The average molecular weight is 474 g/mol. The van der Waals surface area contributed by atoms with E-state index >= 15 is 0 Å². The molecule has 0 saturated carbocycles. The number of carbonyl (C=O) groups is 2. The van der Waals surface area contributed by atoms with E-state index in [1.54, 1.807) is 0 Å². The number of aromatic nitrogens is 1. The van der Waals surface area contributed by atoms with Crippen LogP contribution in [0.15, 0.2) is 30.4 Å². The van der Waals surface area contributed by atoms with Crippen molar-refractivity contribution in [3.8, 4) is 5.75 Å². The van der Waals surface area contributed by atoms with Gasteiger partial charge in [-0.05, 0) is 25.1 Å². The van der Waals surface area contributed by atoms with Crippen LogP contribution in [0.3, 0.4) is 0 Å². The largest absolute Gasteiger partial charge is 0.493 e. The number of nitrogens with zero attached hydrogens (tertiary/aromatic N) is 1. The van der Waals surface area contributed by atoms with Crippen LogP contribution in [-0.4, -0.2) is 41.8 Å². The van der Waals surface area contributed by atoms with Gasteiger partial charge in [-0.1, -0.05) is 13.0 Å². The molecule has 4 atom stereocenters. The van der Waals surface area contributed by atoms with E-state index in [0.717, 1.165) is 32.4 Å². The summed E-state index contributed by atoms with van der Waals surface area (Å²) in [4.78, 5) is 28.1. The first-order chi connectivity index (χ1) is 15.7. The zero-order valence-corrected chi connectivity index (χ0v) is 17.6. The minimum Gasteiger partial charge on any atom is -0.493 e. The number of ether oxygens (including phenoxy) is 2. The molecule has 1 aliphatic rings. The van der Waals surface area contributed by atoms with Crippen molar-refractivity contribution >= 4 is 17.5 Å². The monoisotopic (exact) mass is 474 g/mol. The number of benzene rings is 1. The fourth-order valence-electron chi connectivity index (χ4n) is 3.84. The van der Waals surface area contributed by atoms with E-state index in [0.29, 0.717) is 6.07 Å². The van der Waals surface area contributed by atoms with Gasteiger partial charge in [-0.3, -0.25) is 14.6 Å². The number of pyridine rings is 1. The van der Waals surface area contributed by atoms with E-state index in [4.69, 9.17) is 16.6 Å². The topological polar surface area (TPSA) is 104 Å². The molecule has 1 saturated heterocycles. The van der Waals surface area contributed by atoms with E-state index in [1.165, 1.54) is 6.92 Å². The molecule has 0 aliphatic carbocycles. The van der Waals surface area contributed by atoms with E-state index in [1.807, 2.05) is 0 Å². The van der Waals surface area contributed by atoms with E-state index in [9.17, 15) is 31.5 Å². The number of hydrogen-bond donors (Lipinski definition) is 2. The molecule has 3 rings (SSSR count). The summed E-state index contributed by atoms with van der Waals surface area (Å²) in [5, 5.41) is 2.25. The number of nitrogens with two attached hydrogens (primary N) is 1. The summed E-state index contributed by atoms with van der Waals surface area (Å²) in [5.41, 5.74) is 1.53. The molecule has 0 bridgehead atoms. The summed E-state index contributed by atoms with van der Waals surface area (Å²) in [7, 11) is 1.01. The van der Waals surface area contributed by atoms with Crippen molar-refractivity contribution in [1.82, 2.24) is 4.98 Å². The average Bonchev–Trinajstić information content (AvgIpc) is 3.03. The summed E-state index contributed by atoms with van der Waals surface area (Å²) in [6.45, 7) is 1.91. The van der Waals surface area contributed by atoms with E-state index in [-0.39, 0.29) is 23.0 Å². The summed E-state index contributed by atoms with van der Waals surface area (Å²) in [6, 6.07) is 2.36. The molecule has 2 amide bonds. The van der Waals surface area contributed by atoms with Crippen LogP contribution >= 0.6 is 0 Å². The molecule has 3 N–H and O–H groups in total. The van der Waals surface area contributed by atoms with E-state index in [2.05, 4.69) is 10.3 Å². The third-order valence-electron chi connectivity index (χ3n) is 5.79. The Kier molecular flexibility index (Phi) is 5.95. The molecule has 0 spiro atoms. The molecule has 178 valence electrons. The zero-order valence-electron chi connectivity index (χ0n) is 18.6. The molecule has 2 heterocycles. The predicted octanol–water partition coefficient (Wildman–Crippen LogP) is 3.55. The van der Waals surface area contributed by atoms with Gasteiger partial charge in [0.2, 0.25) is 5.82 Å². The maximum atomic E-state index is 14.4. The molecule has 33 heavy (non-hydrogen) atoms. The van der Waals surface area contributed by atoms with Crippen molar-refractivity contribution in [3.05, 3.63) is 53.3 Å². The molecule has 1 fully saturated rings. The maximum absolute atomic E-state index is 14.4. The molecule has 1 aromatic carbocycles. The van der Waals surface area contributed by atoms with E-state index < -0.39 is 58.9 Å². The third-order valence-corrected chi connectivity index (χ3v) is 5.79. The van der Waals surface area contributed by atoms with Crippen molar-refractivity contribution in [1.29, 1.82) is 0 Å². The first kappa shape index (κ1) is 22.9. The van der Waals surface area contributed by atoms with Crippen molar-refractivity contribution < 1.29 is 42.4 Å². The van der Waals surface area contributed by atoms with Gasteiger partial charge in [-0.25, -0.2) is 4.39 Å². The van der Waals surface area contributed by atoms with Crippen LogP contribution in [0.5, 0.6) is 5.75 Å². The maximum Gasteiger partial charge on any atom is 0.417 e. The van der Waals surface area contributed by atoms with Crippen LogP contribution in [0.2, 0.25) is 0 Å². The van der Waals surface area contributed by atoms with Crippen LogP contribution in [0.25, 0.3) is 0 Å². The Morgan fingerprint density at radius 2 is 2.00 bits per heavy atom. The molecule has 7 nitrogen and oxygen atoms in total. The molecular weight excluding hydrogens is 453 g/mol. The number of rotatable bonds is 5. The van der Waals surface area contributed by atoms with Crippen molar-refractivity contribution in [2.75, 3.05) is 12.4 Å². The number of carbonyl (C=O) groups excluding carboxylic acids is 2. The highest BCUT2D eigenvalue weighted by Crippen LogP contribution is 2.55. The summed E-state index contributed by atoms with van der Waals surface area (Å²) < 4.78 is 88.0. The van der Waals surface area contributed by atoms with Crippen LogP contribution in [-0.2, 0) is 9.53 Å². The highest BCUT2D eigenvalue weighted by atomic mass is 19.4. The zero-order chi connectivity index (χ0) is 25.6. The second kappa shape index (κ2) is 8.58. The number of methoxy groups -OCH3 is 1. The van der Waals surface area contributed by atoms with Crippen LogP contribution < -0.4 is 15.8 Å². The van der Waals surface area contributed by atoms with Crippen LogP contribution in [0.4, 0.5) is 27.6 Å². The van der Waals surface area contributed by atoms with Gasteiger partial charge in [0.05, 0.1) is 8.48 Å². The van der Waals surface area contributed by atoms with Gasteiger partial charge in [-0.15, -0.1) is 0 Å². The van der Waals surface area contributed by atoms with Gasteiger partial charge >= 0.3 is 6.18 Å². The number of halogens is 5. The second-order valence-electron chi connectivity index (χ2n) is 7.64. The fourth-order valence-corrected chi connectivity index (χ4v) is 3.84. The van der Waals surface area contributed by atoms with Gasteiger partial charge in [-0.2, -0.15) is 17.6 Å². The Morgan fingerprint density at radius 1 is 1.33 bits per heavy atom. The summed E-state index contributed by atoms with van der Waals surface area (Å²) in [6.07, 6.45) is -5.87. The van der Waals surface area contributed by atoms with Crippen LogP contribution in [0, 0.1) is 17.6 Å². The molecule has 0 unspecified atom stereocenters. The molecule has 1 aromatic heterocycles. The smallest absolute Gasteiger partial charge is 0.417 e. The lowest BCUT2D eigenvalue weighted by atomic mass is 9.77. The first-order valence-electron chi connectivity index (χ1n) is 10.1. The second-order valence-corrected chi connectivity index (χ2v) is 7.64. The first-order valence-corrected chi connectivity index (χ1v) is 9.56. The highest BCUT2D eigenvalue weighted by molar-refractivity contribution is 5.97. The quantitative estimate of drug-likeness (QED) is 0.646. The SMILES string of the molecule is [2H]c1cnc(C(N)=O)cc1NC(=O)[C@@H]1O[C@@](C)(C(F)(F)F)[C@H](C)[C@@H]1c1ccc(F)c(F)c1OC. The lowest BCUT2D eigenvalue weighted by Crippen LogP contribution is -2.47. The fraction of sp³-hybridized carbons (Fsp3) is 0.381. The van der Waals surface area contributed by atoms with Gasteiger partial charge in [0.15, 0.2) is 17.2 Å². The number of primary amides is 1. The van der Waals surface area contributed by atoms with Gasteiger partial charge in [0.25, 0.3) is 11.8 Å². The lowest BCUT2D eigenvalue weighted by Gasteiger charge is -2.32. The predicted molar refractivity (Wildman–Crippen MR) is 106 cm³/mol. The lowest BCUT2D eigenvalue weighted by molar-refractivity contribution is -0.272. The highest BCUT2D eigenvalue weighted by Gasteiger charge is 2.65. The summed E-state index contributed by atoms with van der Waals surface area (Å²) >= 11 is 0. The minimum absolute atomic E-state index is 0.208. The number of anilines is 1. The molecule has 2 aromatic rings. The van der Waals surface area contributed by atoms with Crippen LogP contribution in [0.1, 0.15) is 37.2 Å². The van der Waals surface area contributed by atoms with Crippen molar-refractivity contribution in [3.63, 3.8) is 0 Å². The van der Waals surface area contributed by atoms with Crippen molar-refractivity contribution in [2.24, 2.45) is 11.7 Å². The molecular formula is C21H20F5N3O4. The number of nitrogens with one attached hydrogen (secondary N) is 1. The molecule has 1 aliphatic heterocycles. The Morgan fingerprint density at radius 3 is 2.58 bits per heavy atom. The standard InChI is InChI=1S/C21H20F5N3O4/c1-9-14(11-4-5-12(22)15(23)16(11)32-3)17(33-20(9,2)21(24,25)26)19(31)29-10-6-7-28-13(8-10)18(27)30/h4-9,14,17H,1-3H3,(H2,27,30)(H,28,29,31)/t9-,14-,17-,20-/m1/s1/i6D. The number of alkyl halides is 3. The summed E-state index contributed by atoms with van der Waals surface area (Å²) in [5.74, 6) is -8.34. The third kappa shape index (κ3) is 4.22. The number of amides is 2. The Hall–Kier alpha value is -3.28. The Balaban J connectivity index is 2.10. The molecule has 12 heteroatoms. The van der Waals surface area contributed by atoms with Gasteiger partial charge < -0.3 is 20.5 Å². The van der Waals surface area contributed by atoms with Gasteiger partial charge in [0.1, 0.15) is 11.8 Å². The van der Waals surface area contributed by atoms with Gasteiger partial charge in [0, 0.05) is 29.3 Å². The Labute approximate surface area is 186 Å².